The second-order valence-corrected chi connectivity index (χ2v) is 10.6. The number of alkyl halides is 1. The number of benzene rings is 1. The summed E-state index contributed by atoms with van der Waals surface area (Å²) in [7, 11) is 0. The van der Waals surface area contributed by atoms with Crippen LogP contribution in [0.25, 0.3) is 0 Å². The number of aliphatic carboxylic acids is 1. The number of aliphatic hydroxyl groups excluding tert-OH is 1. The molecule has 2 bridgehead atoms. The van der Waals surface area contributed by atoms with Gasteiger partial charge in [-0.25, -0.2) is 0 Å². The van der Waals surface area contributed by atoms with Gasteiger partial charge in [0, 0.05) is 17.1 Å². The molecule has 1 unspecified atom stereocenters. The maximum atomic E-state index is 14.4. The summed E-state index contributed by atoms with van der Waals surface area (Å²) in [6.45, 7) is 9.36. The van der Waals surface area contributed by atoms with Crippen LogP contribution in [0.4, 0.5) is 5.69 Å². The van der Waals surface area contributed by atoms with Gasteiger partial charge < -0.3 is 24.7 Å². The van der Waals surface area contributed by atoms with Gasteiger partial charge in [0.1, 0.15) is 11.6 Å². The Morgan fingerprint density at radius 1 is 1.38 bits per heavy atom. The highest BCUT2D eigenvalue weighted by atomic mass is 79.9. The lowest BCUT2D eigenvalue weighted by Gasteiger charge is -2.39. The van der Waals surface area contributed by atoms with E-state index in [1.54, 1.807) is 11.0 Å². The molecule has 3 saturated heterocycles. The van der Waals surface area contributed by atoms with Crippen LogP contribution in [0.5, 0.6) is 0 Å². The van der Waals surface area contributed by atoms with Crippen LogP contribution >= 0.6 is 15.9 Å². The number of carbonyl (C=O) groups is 3. The Balaban J connectivity index is 1.89. The molecule has 8 nitrogen and oxygen atoms in total. The van der Waals surface area contributed by atoms with Crippen molar-refractivity contribution in [3.8, 4) is 0 Å². The summed E-state index contributed by atoms with van der Waals surface area (Å²) in [6.07, 6.45) is 1.68. The summed E-state index contributed by atoms with van der Waals surface area (Å²) in [5.41, 5.74) is 1.24. The number of ether oxygens (including phenoxy) is 1. The number of amides is 2. The third-order valence-electron chi connectivity index (χ3n) is 7.61. The summed E-state index contributed by atoms with van der Waals surface area (Å²) >= 11 is 3.55. The molecule has 1 aromatic carbocycles. The lowest BCUT2D eigenvalue weighted by molar-refractivity contribution is -0.150. The highest BCUT2D eigenvalue weighted by Gasteiger charge is 2.77. The fourth-order valence-corrected chi connectivity index (χ4v) is 7.18. The van der Waals surface area contributed by atoms with E-state index in [0.29, 0.717) is 12.8 Å². The van der Waals surface area contributed by atoms with E-state index in [1.807, 2.05) is 39.0 Å². The zero-order valence-electron chi connectivity index (χ0n) is 19.6. The molecule has 0 radical (unpaired) electrons. The van der Waals surface area contributed by atoms with Crippen molar-refractivity contribution in [1.29, 1.82) is 0 Å². The van der Waals surface area contributed by atoms with Gasteiger partial charge in [-0.05, 0) is 37.8 Å². The van der Waals surface area contributed by atoms with Crippen molar-refractivity contribution in [3.05, 3.63) is 42.0 Å². The van der Waals surface area contributed by atoms with Gasteiger partial charge in [0.05, 0.1) is 30.6 Å². The Morgan fingerprint density at radius 2 is 2.03 bits per heavy atom. The second kappa shape index (κ2) is 9.09. The molecule has 34 heavy (non-hydrogen) atoms. The van der Waals surface area contributed by atoms with E-state index >= 15 is 0 Å². The number of hydrogen-bond acceptors (Lipinski definition) is 5. The number of carboxylic acids is 1. The van der Waals surface area contributed by atoms with E-state index in [2.05, 4.69) is 22.5 Å². The largest absolute Gasteiger partial charge is 0.481 e. The van der Waals surface area contributed by atoms with Crippen LogP contribution in [-0.4, -0.2) is 74.7 Å². The number of aryl methyl sites for hydroxylation is 2. The minimum absolute atomic E-state index is 0.212. The zero-order chi connectivity index (χ0) is 24.9. The smallest absolute Gasteiger partial charge is 0.310 e. The normalized spacial score (nSPS) is 32.6. The molecule has 3 aliphatic heterocycles. The van der Waals surface area contributed by atoms with Crippen LogP contribution in [0.15, 0.2) is 30.9 Å². The molecule has 9 heteroatoms. The molecule has 0 aromatic heterocycles. The maximum absolute atomic E-state index is 14.4. The van der Waals surface area contributed by atoms with Gasteiger partial charge in [-0.2, -0.15) is 0 Å². The van der Waals surface area contributed by atoms with E-state index in [4.69, 9.17) is 4.74 Å². The zero-order valence-corrected chi connectivity index (χ0v) is 21.2. The van der Waals surface area contributed by atoms with Crippen LogP contribution < -0.4 is 4.90 Å². The minimum Gasteiger partial charge on any atom is -0.481 e. The molecule has 3 heterocycles. The molecule has 1 spiro atoms. The van der Waals surface area contributed by atoms with Gasteiger partial charge in [0.2, 0.25) is 5.91 Å². The number of para-hydroxylation sites is 1. The van der Waals surface area contributed by atoms with Crippen molar-refractivity contribution in [3.63, 3.8) is 0 Å². The molecule has 7 atom stereocenters. The van der Waals surface area contributed by atoms with E-state index in [-0.39, 0.29) is 23.9 Å². The van der Waals surface area contributed by atoms with Gasteiger partial charge in [-0.3, -0.25) is 14.4 Å². The molecule has 184 valence electrons. The summed E-state index contributed by atoms with van der Waals surface area (Å²) in [5.74, 6) is -3.95. The van der Waals surface area contributed by atoms with Crippen LogP contribution in [-0.2, 0) is 19.1 Å². The van der Waals surface area contributed by atoms with Crippen LogP contribution in [0.3, 0.4) is 0 Å². The standard InChI is InChI=1S/C25H31BrN2O6/c1-5-10-27(19-13(3)8-7-9-14(19)4)23(31)21-25-11-16(26)20(34-25)17(24(32)33)18(25)22(30)28(21)15(6-2)12-29/h5,7-9,15-18,20-21,29H,1,6,10-12H2,2-4H3,(H,32,33)/t15-,16?,17+,18-,20+,21+,25-/m0/s1. The van der Waals surface area contributed by atoms with Gasteiger partial charge >= 0.3 is 5.97 Å². The number of hydrogen-bond donors (Lipinski definition) is 2. The first-order valence-electron chi connectivity index (χ1n) is 11.6. The summed E-state index contributed by atoms with van der Waals surface area (Å²) in [5, 5.41) is 20.1. The predicted octanol–water partition coefficient (Wildman–Crippen LogP) is 2.43. The first-order chi connectivity index (χ1) is 16.1. The van der Waals surface area contributed by atoms with Gasteiger partial charge in [0.15, 0.2) is 0 Å². The van der Waals surface area contributed by atoms with Gasteiger partial charge in [0.25, 0.3) is 5.91 Å². The molecule has 0 aliphatic carbocycles. The first kappa shape index (κ1) is 24.9. The lowest BCUT2D eigenvalue weighted by atomic mass is 9.70. The number of likely N-dealkylation sites (tertiary alicyclic amines) is 1. The summed E-state index contributed by atoms with van der Waals surface area (Å²) in [6, 6.07) is 4.06. The van der Waals surface area contributed by atoms with Crippen molar-refractivity contribution in [2.24, 2.45) is 11.8 Å². The fraction of sp³-hybridized carbons (Fsp3) is 0.560. The second-order valence-electron chi connectivity index (χ2n) is 9.47. The van der Waals surface area contributed by atoms with E-state index < -0.39 is 47.5 Å². The molecular weight excluding hydrogens is 504 g/mol. The van der Waals surface area contributed by atoms with Crippen molar-refractivity contribution in [2.45, 2.75) is 62.2 Å². The number of carbonyl (C=O) groups excluding carboxylic acids is 2. The number of aliphatic hydroxyl groups is 1. The molecular formula is C25H31BrN2O6. The minimum atomic E-state index is -1.28. The Labute approximate surface area is 207 Å². The molecule has 2 amide bonds. The Bertz CT molecular complexity index is 1010. The van der Waals surface area contributed by atoms with E-state index in [1.165, 1.54) is 4.90 Å². The molecule has 3 aliphatic rings. The number of carboxylic acid groups (broad SMARTS) is 1. The third-order valence-corrected chi connectivity index (χ3v) is 8.45. The van der Waals surface area contributed by atoms with Crippen molar-refractivity contribution >= 4 is 39.4 Å². The van der Waals surface area contributed by atoms with E-state index in [9.17, 15) is 24.6 Å². The summed E-state index contributed by atoms with van der Waals surface area (Å²) in [4.78, 5) is 43.1. The Morgan fingerprint density at radius 3 is 2.56 bits per heavy atom. The Kier molecular flexibility index (Phi) is 6.65. The maximum Gasteiger partial charge on any atom is 0.310 e. The summed E-state index contributed by atoms with van der Waals surface area (Å²) < 4.78 is 6.32. The highest BCUT2D eigenvalue weighted by molar-refractivity contribution is 9.09. The number of nitrogens with zero attached hydrogens (tertiary/aromatic N) is 2. The fourth-order valence-electron chi connectivity index (χ4n) is 6.24. The topological polar surface area (TPSA) is 107 Å². The predicted molar refractivity (Wildman–Crippen MR) is 130 cm³/mol. The number of rotatable bonds is 8. The van der Waals surface area contributed by atoms with Crippen LogP contribution in [0.2, 0.25) is 0 Å². The van der Waals surface area contributed by atoms with Crippen molar-refractivity contribution in [2.75, 3.05) is 18.1 Å². The molecule has 4 rings (SSSR count). The van der Waals surface area contributed by atoms with Crippen molar-refractivity contribution in [1.82, 2.24) is 4.90 Å². The lowest BCUT2D eigenvalue weighted by Crippen LogP contribution is -2.59. The first-order valence-corrected chi connectivity index (χ1v) is 12.5. The molecule has 3 fully saturated rings. The van der Waals surface area contributed by atoms with Gasteiger partial charge in [-0.15, -0.1) is 6.58 Å². The van der Waals surface area contributed by atoms with Gasteiger partial charge in [-0.1, -0.05) is 47.1 Å². The highest BCUT2D eigenvalue weighted by Crippen LogP contribution is 2.60. The molecule has 0 saturated carbocycles. The number of fused-ring (bicyclic) bond motifs is 1. The van der Waals surface area contributed by atoms with Crippen LogP contribution in [0, 0.1) is 25.7 Å². The Hall–Kier alpha value is -2.23. The SMILES string of the molecule is C=CCN(C(=O)[C@H]1N([C@@H](CC)CO)C(=O)[C@@H]2[C@@H](C(=O)O)[C@@H]3O[C@@]21CC3Br)c1c(C)cccc1C. The van der Waals surface area contributed by atoms with Crippen LogP contribution in [0.1, 0.15) is 30.9 Å². The van der Waals surface area contributed by atoms with E-state index in [0.717, 1.165) is 16.8 Å². The number of halogens is 1. The molecule has 1 aromatic rings. The third kappa shape index (κ3) is 3.43. The average molecular weight is 535 g/mol. The van der Waals surface area contributed by atoms with Crippen molar-refractivity contribution < 1.29 is 29.3 Å². The number of anilines is 1. The monoisotopic (exact) mass is 534 g/mol. The quantitative estimate of drug-likeness (QED) is 0.391. The average Bonchev–Trinajstić information content (AvgIpc) is 3.37. The molecule has 2 N–H and O–H groups in total.